The Morgan fingerprint density at radius 3 is 1.52 bits per heavy atom. The van der Waals surface area contributed by atoms with E-state index in [2.05, 4.69) is 170 Å². The Kier molecular flexibility index (Phi) is 7.31. The fourth-order valence-electron chi connectivity index (χ4n) is 9.78. The molecule has 0 atom stereocenters. The summed E-state index contributed by atoms with van der Waals surface area (Å²) in [5.41, 5.74) is 8.90. The Hall–Kier alpha value is -8.14. The van der Waals surface area contributed by atoms with Gasteiger partial charge in [0, 0.05) is 27.6 Å². The van der Waals surface area contributed by atoms with Gasteiger partial charge in [-0.2, -0.15) is 0 Å². The third-order valence-corrected chi connectivity index (χ3v) is 12.6. The number of aromatic nitrogens is 2. The lowest BCUT2D eigenvalue weighted by molar-refractivity contribution is 0.631. The quantitative estimate of drug-likeness (QED) is 0.164. The van der Waals surface area contributed by atoms with E-state index in [1.165, 1.54) is 64.6 Å². The standard InChI is InChI=1S/C58H34N2O/c1-2-11-40(12-3-1)58-59-50(35-23-25-36(26-24-35)53-33-41-13-4-7-22-52(41)61-53)34-51(60-58)45-18-6-5-17-44(45)43-31-42-30-29-39-15-9-20-47-46-19-8-14-37-27-28-38-16-10-21-48(56(38)54(37)46)49(32-43)57(42)55(39)47/h1-34H. The van der Waals surface area contributed by atoms with Crippen LogP contribution in [0.4, 0.5) is 0 Å². The number of hydrogen-bond donors (Lipinski definition) is 0. The first-order chi connectivity index (χ1) is 30.2. The van der Waals surface area contributed by atoms with Gasteiger partial charge < -0.3 is 4.42 Å². The van der Waals surface area contributed by atoms with Crippen LogP contribution in [0, 0.1) is 0 Å². The van der Waals surface area contributed by atoms with E-state index >= 15 is 0 Å². The molecule has 61 heavy (non-hydrogen) atoms. The Morgan fingerprint density at radius 2 is 0.836 bits per heavy atom. The van der Waals surface area contributed by atoms with E-state index in [4.69, 9.17) is 14.4 Å². The Balaban J connectivity index is 1.04. The topological polar surface area (TPSA) is 38.9 Å². The molecule has 13 aromatic rings. The molecule has 0 saturated heterocycles. The van der Waals surface area contributed by atoms with E-state index in [9.17, 15) is 0 Å². The second kappa shape index (κ2) is 13.2. The lowest BCUT2D eigenvalue weighted by Gasteiger charge is -2.18. The van der Waals surface area contributed by atoms with Gasteiger partial charge in [0.2, 0.25) is 0 Å². The lowest BCUT2D eigenvalue weighted by atomic mass is 9.86. The molecule has 0 aliphatic carbocycles. The van der Waals surface area contributed by atoms with E-state index in [1.807, 2.05) is 36.4 Å². The van der Waals surface area contributed by atoms with Gasteiger partial charge in [-0.05, 0) is 106 Å². The van der Waals surface area contributed by atoms with Gasteiger partial charge in [-0.3, -0.25) is 0 Å². The molecule has 0 fully saturated rings. The zero-order valence-electron chi connectivity index (χ0n) is 32.9. The summed E-state index contributed by atoms with van der Waals surface area (Å²) in [5, 5.41) is 16.3. The molecule has 13 rings (SSSR count). The van der Waals surface area contributed by atoms with Gasteiger partial charge in [-0.1, -0.05) is 176 Å². The maximum atomic E-state index is 6.21. The Morgan fingerprint density at radius 1 is 0.295 bits per heavy atom. The predicted molar refractivity (Wildman–Crippen MR) is 255 cm³/mol. The molecular formula is C58H34N2O. The van der Waals surface area contributed by atoms with Crippen molar-refractivity contribution in [3.63, 3.8) is 0 Å². The molecule has 0 bridgehead atoms. The molecule has 2 aromatic heterocycles. The summed E-state index contributed by atoms with van der Waals surface area (Å²) >= 11 is 0. The lowest BCUT2D eigenvalue weighted by Crippen LogP contribution is -1.97. The molecule has 11 aromatic carbocycles. The van der Waals surface area contributed by atoms with Crippen LogP contribution < -0.4 is 0 Å². The highest BCUT2D eigenvalue weighted by atomic mass is 16.3. The molecule has 0 aliphatic heterocycles. The van der Waals surface area contributed by atoms with Crippen molar-refractivity contribution < 1.29 is 4.42 Å². The fourth-order valence-corrected chi connectivity index (χ4v) is 9.78. The number of hydrogen-bond acceptors (Lipinski definition) is 3. The second-order valence-electron chi connectivity index (χ2n) is 16.1. The maximum Gasteiger partial charge on any atom is 0.160 e. The number of furan rings is 1. The molecular weight excluding hydrogens is 741 g/mol. The van der Waals surface area contributed by atoms with Gasteiger partial charge in [-0.25, -0.2) is 9.97 Å². The summed E-state index contributed by atoms with van der Waals surface area (Å²) < 4.78 is 6.21. The van der Waals surface area contributed by atoms with Crippen LogP contribution in [0.5, 0.6) is 0 Å². The van der Waals surface area contributed by atoms with Gasteiger partial charge >= 0.3 is 0 Å². The van der Waals surface area contributed by atoms with Gasteiger partial charge in [0.05, 0.1) is 11.4 Å². The van der Waals surface area contributed by atoms with Crippen LogP contribution in [-0.4, -0.2) is 9.97 Å². The molecule has 0 N–H and O–H groups in total. The molecule has 0 radical (unpaired) electrons. The summed E-state index contributed by atoms with van der Waals surface area (Å²) in [6, 6.07) is 74.1. The van der Waals surface area contributed by atoms with Crippen molar-refractivity contribution in [3.05, 3.63) is 206 Å². The minimum absolute atomic E-state index is 0.683. The summed E-state index contributed by atoms with van der Waals surface area (Å²) in [4.78, 5) is 10.5. The molecule has 0 saturated carbocycles. The van der Waals surface area contributed by atoms with Crippen LogP contribution in [0.15, 0.2) is 211 Å². The highest BCUT2D eigenvalue weighted by Crippen LogP contribution is 2.45. The van der Waals surface area contributed by atoms with Crippen LogP contribution in [0.25, 0.3) is 132 Å². The second-order valence-corrected chi connectivity index (χ2v) is 16.1. The van der Waals surface area contributed by atoms with Crippen LogP contribution in [0.1, 0.15) is 0 Å². The van der Waals surface area contributed by atoms with Crippen molar-refractivity contribution in [1.29, 1.82) is 0 Å². The third-order valence-electron chi connectivity index (χ3n) is 12.6. The van der Waals surface area contributed by atoms with Crippen LogP contribution >= 0.6 is 0 Å². The van der Waals surface area contributed by atoms with Crippen LogP contribution in [-0.2, 0) is 0 Å². The van der Waals surface area contributed by atoms with Crippen molar-refractivity contribution in [2.24, 2.45) is 0 Å². The third kappa shape index (κ3) is 5.31. The smallest absolute Gasteiger partial charge is 0.160 e. The molecule has 0 aliphatic rings. The average Bonchev–Trinajstić information content (AvgIpc) is 3.77. The highest BCUT2D eigenvalue weighted by Gasteiger charge is 2.19. The van der Waals surface area contributed by atoms with Crippen LogP contribution in [0.2, 0.25) is 0 Å². The zero-order valence-corrected chi connectivity index (χ0v) is 32.9. The van der Waals surface area contributed by atoms with E-state index in [0.717, 1.165) is 61.5 Å². The van der Waals surface area contributed by atoms with Crippen molar-refractivity contribution in [1.82, 2.24) is 9.97 Å². The van der Waals surface area contributed by atoms with Gasteiger partial charge in [0.25, 0.3) is 0 Å². The van der Waals surface area contributed by atoms with E-state index in [1.54, 1.807) is 0 Å². The maximum absolute atomic E-state index is 6.21. The fraction of sp³-hybridized carbons (Fsp3) is 0. The summed E-state index contributed by atoms with van der Waals surface area (Å²) in [7, 11) is 0. The van der Waals surface area contributed by atoms with E-state index < -0.39 is 0 Å². The first-order valence-electron chi connectivity index (χ1n) is 20.8. The summed E-state index contributed by atoms with van der Waals surface area (Å²) in [6.07, 6.45) is 0. The minimum atomic E-state index is 0.683. The number of benzene rings is 10. The molecule has 282 valence electrons. The van der Waals surface area contributed by atoms with Crippen molar-refractivity contribution >= 4 is 75.6 Å². The van der Waals surface area contributed by atoms with Crippen molar-refractivity contribution in [2.45, 2.75) is 0 Å². The number of para-hydroxylation sites is 1. The van der Waals surface area contributed by atoms with Crippen molar-refractivity contribution in [3.8, 4) is 56.4 Å². The summed E-state index contributed by atoms with van der Waals surface area (Å²) in [6.45, 7) is 0. The normalized spacial score (nSPS) is 11.9. The van der Waals surface area contributed by atoms with Crippen LogP contribution in [0.3, 0.4) is 0 Å². The zero-order chi connectivity index (χ0) is 40.0. The Bertz CT molecular complexity index is 3830. The average molecular weight is 775 g/mol. The molecule has 0 unspecified atom stereocenters. The van der Waals surface area contributed by atoms with E-state index in [-0.39, 0.29) is 0 Å². The van der Waals surface area contributed by atoms with Gasteiger partial charge in [0.1, 0.15) is 11.3 Å². The molecule has 3 nitrogen and oxygen atoms in total. The van der Waals surface area contributed by atoms with Gasteiger partial charge in [0.15, 0.2) is 5.82 Å². The minimum Gasteiger partial charge on any atom is -0.456 e. The van der Waals surface area contributed by atoms with Crippen molar-refractivity contribution in [2.75, 3.05) is 0 Å². The number of rotatable bonds is 5. The number of nitrogens with zero attached hydrogens (tertiary/aromatic N) is 2. The number of fused-ring (bicyclic) bond motifs is 3. The van der Waals surface area contributed by atoms with E-state index in [0.29, 0.717) is 5.82 Å². The van der Waals surface area contributed by atoms with Gasteiger partial charge in [-0.15, -0.1) is 0 Å². The molecule has 0 amide bonds. The Labute approximate surface area is 351 Å². The summed E-state index contributed by atoms with van der Waals surface area (Å²) in [5.74, 6) is 1.53. The molecule has 3 heteroatoms. The first kappa shape index (κ1) is 33.8. The monoisotopic (exact) mass is 774 g/mol. The predicted octanol–water partition coefficient (Wildman–Crippen LogP) is 15.9. The first-order valence-corrected chi connectivity index (χ1v) is 20.8. The molecule has 2 heterocycles. The molecule has 0 spiro atoms. The highest BCUT2D eigenvalue weighted by molar-refractivity contribution is 6.37. The SMILES string of the molecule is c1ccc(-c2nc(-c3ccc(-c4cc5ccccc5o4)cc3)cc(-c3ccccc3-c3cc4ccc5cccc6c7cccc8ccc9cccc(c(c3)c4c56)c9c87)n2)cc1. The largest absolute Gasteiger partial charge is 0.456 e.